The first kappa shape index (κ1) is 9.96. The van der Waals surface area contributed by atoms with Gasteiger partial charge in [0.05, 0.1) is 6.54 Å². The Labute approximate surface area is 79.1 Å². The molecule has 1 amide bonds. The van der Waals surface area contributed by atoms with E-state index >= 15 is 0 Å². The largest absolute Gasteiger partial charge is 0.333 e. The molecule has 0 spiro atoms. The topological polar surface area (TPSA) is 32.7 Å². The summed E-state index contributed by atoms with van der Waals surface area (Å²) in [6.45, 7) is 9.02. The molecule has 0 aliphatic carbocycles. The third-order valence-corrected chi connectivity index (χ3v) is 1.97. The van der Waals surface area contributed by atoms with Gasteiger partial charge in [0.25, 0.3) is 0 Å². The van der Waals surface area contributed by atoms with Crippen molar-refractivity contribution in [3.05, 3.63) is 12.7 Å². The van der Waals surface area contributed by atoms with Gasteiger partial charge in [0, 0.05) is 24.7 Å². The maximum Gasteiger partial charge on any atom is 0.246 e. The summed E-state index contributed by atoms with van der Waals surface area (Å²) in [5.74, 6) is 0.00829. The Morgan fingerprint density at radius 2 is 2.38 bits per heavy atom. The third kappa shape index (κ3) is 2.68. The standard InChI is InChI=1S/C10H16N2O/c1-4-10(13)12-6-5-9(7-12)11-8(2)3/h4,8H,1,5-7H2,2-3H3. The second kappa shape index (κ2) is 4.21. The summed E-state index contributed by atoms with van der Waals surface area (Å²) in [5.41, 5.74) is 1.13. The molecule has 1 fully saturated rings. The van der Waals surface area contributed by atoms with Gasteiger partial charge < -0.3 is 4.90 Å². The average molecular weight is 180 g/mol. The second-order valence-electron chi connectivity index (χ2n) is 3.50. The van der Waals surface area contributed by atoms with Gasteiger partial charge in [-0.3, -0.25) is 9.79 Å². The zero-order valence-corrected chi connectivity index (χ0v) is 8.29. The molecule has 0 N–H and O–H groups in total. The zero-order chi connectivity index (χ0) is 9.84. The molecule has 0 aromatic rings. The van der Waals surface area contributed by atoms with E-state index in [1.54, 1.807) is 4.90 Å². The molecule has 0 radical (unpaired) electrons. The Morgan fingerprint density at radius 3 is 2.92 bits per heavy atom. The van der Waals surface area contributed by atoms with Crippen molar-refractivity contribution in [1.82, 2.24) is 4.90 Å². The van der Waals surface area contributed by atoms with Gasteiger partial charge >= 0.3 is 0 Å². The molecule has 0 bridgehead atoms. The van der Waals surface area contributed by atoms with Crippen molar-refractivity contribution < 1.29 is 4.79 Å². The predicted molar refractivity (Wildman–Crippen MR) is 54.0 cm³/mol. The van der Waals surface area contributed by atoms with Crippen molar-refractivity contribution in [1.29, 1.82) is 0 Å². The second-order valence-corrected chi connectivity index (χ2v) is 3.50. The van der Waals surface area contributed by atoms with E-state index in [0.29, 0.717) is 12.6 Å². The highest BCUT2D eigenvalue weighted by atomic mass is 16.2. The molecule has 0 saturated carbocycles. The lowest BCUT2D eigenvalue weighted by Gasteiger charge is -2.10. The summed E-state index contributed by atoms with van der Waals surface area (Å²) >= 11 is 0. The van der Waals surface area contributed by atoms with Crippen LogP contribution < -0.4 is 0 Å². The summed E-state index contributed by atoms with van der Waals surface area (Å²) < 4.78 is 0. The van der Waals surface area contributed by atoms with Gasteiger partial charge in [0.1, 0.15) is 0 Å². The Hall–Kier alpha value is -1.12. The van der Waals surface area contributed by atoms with Crippen LogP contribution in [0.1, 0.15) is 20.3 Å². The van der Waals surface area contributed by atoms with Crippen molar-refractivity contribution >= 4 is 11.6 Å². The van der Waals surface area contributed by atoms with Crippen molar-refractivity contribution in [2.75, 3.05) is 13.1 Å². The molecule has 0 aromatic carbocycles. The van der Waals surface area contributed by atoms with Gasteiger partial charge in [0.15, 0.2) is 0 Å². The number of carbonyl (C=O) groups excluding carboxylic acids is 1. The number of aliphatic imine (C=N–C) groups is 1. The first-order valence-corrected chi connectivity index (χ1v) is 4.60. The quantitative estimate of drug-likeness (QED) is 0.589. The van der Waals surface area contributed by atoms with Crippen LogP contribution in [0.5, 0.6) is 0 Å². The molecule has 1 rings (SSSR count). The van der Waals surface area contributed by atoms with Crippen molar-refractivity contribution in [3.8, 4) is 0 Å². The number of rotatable bonds is 2. The van der Waals surface area contributed by atoms with Gasteiger partial charge in [-0.2, -0.15) is 0 Å². The Kier molecular flexibility index (Phi) is 3.23. The van der Waals surface area contributed by atoms with E-state index in [-0.39, 0.29) is 5.91 Å². The van der Waals surface area contributed by atoms with Crippen LogP contribution in [0.3, 0.4) is 0 Å². The molecule has 13 heavy (non-hydrogen) atoms. The SMILES string of the molecule is C=CC(=O)N1CCC(=NC(C)C)C1. The number of hydrogen-bond acceptors (Lipinski definition) is 2. The van der Waals surface area contributed by atoms with Crippen LogP contribution in [-0.4, -0.2) is 35.7 Å². The molecule has 3 nitrogen and oxygen atoms in total. The van der Waals surface area contributed by atoms with Crippen molar-refractivity contribution in [2.45, 2.75) is 26.3 Å². The van der Waals surface area contributed by atoms with Crippen LogP contribution in [0.25, 0.3) is 0 Å². The van der Waals surface area contributed by atoms with E-state index in [4.69, 9.17) is 0 Å². The first-order chi connectivity index (χ1) is 6.13. The molecule has 1 aliphatic heterocycles. The Morgan fingerprint density at radius 1 is 1.69 bits per heavy atom. The number of carbonyl (C=O) groups is 1. The van der Waals surface area contributed by atoms with Gasteiger partial charge in [-0.25, -0.2) is 0 Å². The van der Waals surface area contributed by atoms with Crippen LogP contribution in [0.2, 0.25) is 0 Å². The fourth-order valence-corrected chi connectivity index (χ4v) is 1.43. The van der Waals surface area contributed by atoms with Crippen LogP contribution >= 0.6 is 0 Å². The van der Waals surface area contributed by atoms with Crippen LogP contribution in [0.4, 0.5) is 0 Å². The fourth-order valence-electron chi connectivity index (χ4n) is 1.43. The molecule has 1 heterocycles. The number of likely N-dealkylation sites (tertiary alicyclic amines) is 1. The molecule has 1 saturated heterocycles. The number of nitrogens with zero attached hydrogens (tertiary/aromatic N) is 2. The molecule has 0 unspecified atom stereocenters. The first-order valence-electron chi connectivity index (χ1n) is 4.60. The highest BCUT2D eigenvalue weighted by Crippen LogP contribution is 2.07. The van der Waals surface area contributed by atoms with Crippen LogP contribution in [-0.2, 0) is 4.79 Å². The van der Waals surface area contributed by atoms with E-state index in [1.165, 1.54) is 6.08 Å². The Bertz CT molecular complexity index is 243. The number of hydrogen-bond donors (Lipinski definition) is 0. The lowest BCUT2D eigenvalue weighted by Crippen LogP contribution is -2.26. The molecule has 1 aliphatic rings. The third-order valence-electron chi connectivity index (χ3n) is 1.97. The fraction of sp³-hybridized carbons (Fsp3) is 0.600. The molecule has 0 aromatic heterocycles. The Balaban J connectivity index is 2.54. The van der Waals surface area contributed by atoms with E-state index < -0.39 is 0 Å². The lowest BCUT2D eigenvalue weighted by atomic mass is 10.3. The minimum absolute atomic E-state index is 0.00829. The molecule has 0 atom stereocenters. The summed E-state index contributed by atoms with van der Waals surface area (Å²) in [6, 6.07) is 0.328. The summed E-state index contributed by atoms with van der Waals surface area (Å²) in [4.78, 5) is 17.4. The molecular formula is C10H16N2O. The zero-order valence-electron chi connectivity index (χ0n) is 8.29. The predicted octanol–water partition coefficient (Wildman–Crippen LogP) is 1.25. The minimum Gasteiger partial charge on any atom is -0.333 e. The maximum atomic E-state index is 11.2. The van der Waals surface area contributed by atoms with Crippen LogP contribution in [0, 0.1) is 0 Å². The van der Waals surface area contributed by atoms with E-state index in [9.17, 15) is 4.79 Å². The highest BCUT2D eigenvalue weighted by molar-refractivity contribution is 5.96. The van der Waals surface area contributed by atoms with Gasteiger partial charge in [-0.15, -0.1) is 0 Å². The summed E-state index contributed by atoms with van der Waals surface area (Å²) in [7, 11) is 0. The van der Waals surface area contributed by atoms with Gasteiger partial charge in [0.2, 0.25) is 5.91 Å². The molecule has 3 heteroatoms. The van der Waals surface area contributed by atoms with Crippen LogP contribution in [0.15, 0.2) is 17.6 Å². The highest BCUT2D eigenvalue weighted by Gasteiger charge is 2.20. The monoisotopic (exact) mass is 180 g/mol. The van der Waals surface area contributed by atoms with Gasteiger partial charge in [-0.05, 0) is 19.9 Å². The summed E-state index contributed by atoms with van der Waals surface area (Å²) in [5, 5.41) is 0. The smallest absolute Gasteiger partial charge is 0.246 e. The van der Waals surface area contributed by atoms with E-state index in [0.717, 1.165) is 18.7 Å². The van der Waals surface area contributed by atoms with E-state index in [2.05, 4.69) is 11.6 Å². The molecular weight excluding hydrogens is 164 g/mol. The normalized spacial score (nSPS) is 19.9. The number of amides is 1. The van der Waals surface area contributed by atoms with Gasteiger partial charge in [-0.1, -0.05) is 6.58 Å². The van der Waals surface area contributed by atoms with Crippen molar-refractivity contribution in [3.63, 3.8) is 0 Å². The lowest BCUT2D eigenvalue weighted by molar-refractivity contribution is -0.124. The molecule has 72 valence electrons. The summed E-state index contributed by atoms with van der Waals surface area (Å²) in [6.07, 6.45) is 2.27. The minimum atomic E-state index is 0.00829. The van der Waals surface area contributed by atoms with E-state index in [1.807, 2.05) is 13.8 Å². The maximum absolute atomic E-state index is 11.2. The average Bonchev–Trinajstić information content (AvgIpc) is 2.50. The van der Waals surface area contributed by atoms with Crippen molar-refractivity contribution in [2.24, 2.45) is 4.99 Å².